The lowest BCUT2D eigenvalue weighted by Gasteiger charge is -2.21. The number of aliphatic carboxylic acids is 1. The number of hydrogen-bond donors (Lipinski definition) is 2. The van der Waals surface area contributed by atoms with Gasteiger partial charge in [0.05, 0.1) is 10.3 Å². The molecule has 0 aliphatic heterocycles. The second-order valence-electron chi connectivity index (χ2n) is 3.64. The lowest BCUT2D eigenvalue weighted by atomic mass is 9.95. The van der Waals surface area contributed by atoms with E-state index in [0.717, 1.165) is 4.88 Å². The van der Waals surface area contributed by atoms with Crippen molar-refractivity contribution in [3.8, 4) is 0 Å². The summed E-state index contributed by atoms with van der Waals surface area (Å²) < 4.78 is -1.03. The molecule has 0 spiro atoms. The third-order valence-corrected chi connectivity index (χ3v) is 3.36. The second kappa shape index (κ2) is 4.84. The highest BCUT2D eigenvalue weighted by Crippen LogP contribution is 2.26. The van der Waals surface area contributed by atoms with Gasteiger partial charge in [-0.1, -0.05) is 12.6 Å². The summed E-state index contributed by atoms with van der Waals surface area (Å²) in [6.45, 7) is 4.86. The molecule has 0 fully saturated rings. The fourth-order valence-electron chi connectivity index (χ4n) is 1.25. The highest BCUT2D eigenvalue weighted by atomic mass is 32.1. The predicted octanol–water partition coefficient (Wildman–Crippen LogP) is 2.19. The molecule has 5 heteroatoms. The number of thiol groups is 1. The van der Waals surface area contributed by atoms with Crippen molar-refractivity contribution in [3.05, 3.63) is 34.5 Å². The minimum Gasteiger partial charge on any atom is -0.478 e. The van der Waals surface area contributed by atoms with Gasteiger partial charge in [-0.05, 0) is 18.4 Å². The Morgan fingerprint density at radius 3 is 2.69 bits per heavy atom. The monoisotopic (exact) mass is 256 g/mol. The van der Waals surface area contributed by atoms with Crippen LogP contribution in [0.5, 0.6) is 0 Å². The molecule has 0 saturated heterocycles. The summed E-state index contributed by atoms with van der Waals surface area (Å²) in [5, 5.41) is 10.6. The quantitative estimate of drug-likeness (QED) is 0.367. The van der Waals surface area contributed by atoms with Crippen molar-refractivity contribution in [1.29, 1.82) is 0 Å². The first kappa shape index (κ1) is 13.0. The van der Waals surface area contributed by atoms with E-state index in [2.05, 4.69) is 19.2 Å². The Bertz CT molecular complexity index is 418. The van der Waals surface area contributed by atoms with Crippen LogP contribution in [-0.2, 0) is 16.0 Å². The van der Waals surface area contributed by atoms with Gasteiger partial charge in [0.15, 0.2) is 5.78 Å². The van der Waals surface area contributed by atoms with Crippen molar-refractivity contribution in [1.82, 2.24) is 0 Å². The molecule has 1 heterocycles. The first-order valence-corrected chi connectivity index (χ1v) is 5.89. The maximum atomic E-state index is 11.8. The molecule has 0 aromatic carbocycles. The second-order valence-corrected chi connectivity index (χ2v) is 5.66. The fraction of sp³-hybridized carbons (Fsp3) is 0.273. The molecule has 1 rings (SSSR count). The molecule has 0 saturated carbocycles. The van der Waals surface area contributed by atoms with Crippen LogP contribution in [0.15, 0.2) is 29.7 Å². The normalized spacial score (nSPS) is 14.1. The largest absolute Gasteiger partial charge is 0.478 e. The van der Waals surface area contributed by atoms with Crippen LogP contribution in [0.3, 0.4) is 0 Å². The molecule has 0 amide bonds. The Hall–Kier alpha value is -1.07. The van der Waals surface area contributed by atoms with Gasteiger partial charge in [-0.15, -0.1) is 11.3 Å². The van der Waals surface area contributed by atoms with E-state index < -0.39 is 22.1 Å². The molecule has 1 unspecified atom stereocenters. The van der Waals surface area contributed by atoms with Crippen molar-refractivity contribution in [3.63, 3.8) is 0 Å². The van der Waals surface area contributed by atoms with Crippen LogP contribution in [0.1, 0.15) is 11.8 Å². The summed E-state index contributed by atoms with van der Waals surface area (Å²) in [4.78, 5) is 23.4. The Morgan fingerprint density at radius 2 is 2.25 bits per heavy atom. The van der Waals surface area contributed by atoms with Crippen LogP contribution in [0, 0.1) is 0 Å². The first-order valence-electron chi connectivity index (χ1n) is 4.56. The molecule has 16 heavy (non-hydrogen) atoms. The number of carbonyl (C=O) groups excluding carboxylic acids is 1. The topological polar surface area (TPSA) is 54.4 Å². The first-order chi connectivity index (χ1) is 7.34. The lowest BCUT2D eigenvalue weighted by molar-refractivity contribution is -0.134. The number of hydrogen-bond acceptors (Lipinski definition) is 4. The Morgan fingerprint density at radius 1 is 1.62 bits per heavy atom. The van der Waals surface area contributed by atoms with Gasteiger partial charge in [0.2, 0.25) is 0 Å². The molecular weight excluding hydrogens is 244 g/mol. The zero-order valence-electron chi connectivity index (χ0n) is 8.77. The van der Waals surface area contributed by atoms with Crippen LogP contribution in [0.4, 0.5) is 0 Å². The number of thiophene rings is 1. The maximum absolute atomic E-state index is 11.8. The van der Waals surface area contributed by atoms with E-state index in [9.17, 15) is 9.59 Å². The van der Waals surface area contributed by atoms with Gasteiger partial charge in [0.25, 0.3) is 0 Å². The van der Waals surface area contributed by atoms with E-state index in [1.165, 1.54) is 11.3 Å². The molecule has 0 aliphatic rings. The SMILES string of the molecule is C=C(C(=O)O)C(=O)C(C)(S)Cc1cccs1. The Balaban J connectivity index is 2.81. The molecule has 3 nitrogen and oxygen atoms in total. The Labute approximate surface area is 103 Å². The summed E-state index contributed by atoms with van der Waals surface area (Å²) in [7, 11) is 0. The van der Waals surface area contributed by atoms with E-state index in [1.54, 1.807) is 6.92 Å². The molecule has 86 valence electrons. The number of carboxylic acid groups (broad SMARTS) is 1. The van der Waals surface area contributed by atoms with Gasteiger partial charge in [-0.2, -0.15) is 12.6 Å². The number of carbonyl (C=O) groups is 2. The van der Waals surface area contributed by atoms with E-state index >= 15 is 0 Å². The van der Waals surface area contributed by atoms with E-state index in [1.807, 2.05) is 17.5 Å². The van der Waals surface area contributed by atoms with Crippen molar-refractivity contribution < 1.29 is 14.7 Å². The van der Waals surface area contributed by atoms with Crippen LogP contribution >= 0.6 is 24.0 Å². The molecule has 1 aromatic heterocycles. The third kappa shape index (κ3) is 2.96. The summed E-state index contributed by atoms with van der Waals surface area (Å²) >= 11 is 5.74. The van der Waals surface area contributed by atoms with Gasteiger partial charge < -0.3 is 5.11 Å². The predicted molar refractivity (Wildman–Crippen MR) is 67.2 cm³/mol. The summed E-state index contributed by atoms with van der Waals surface area (Å²) in [6, 6.07) is 3.76. The average Bonchev–Trinajstić information content (AvgIpc) is 2.67. The molecular formula is C11H12O3S2. The fourth-order valence-corrected chi connectivity index (χ4v) is 2.53. The van der Waals surface area contributed by atoms with Gasteiger partial charge in [0, 0.05) is 11.3 Å². The highest BCUT2D eigenvalue weighted by molar-refractivity contribution is 7.82. The summed E-state index contributed by atoms with van der Waals surface area (Å²) in [5.41, 5.74) is -0.422. The summed E-state index contributed by atoms with van der Waals surface area (Å²) in [5.74, 6) is -1.84. The number of rotatable bonds is 5. The van der Waals surface area contributed by atoms with Crippen LogP contribution < -0.4 is 0 Å². The molecule has 1 aromatic rings. The minimum absolute atomic E-state index is 0.402. The molecule has 0 bridgehead atoms. The molecule has 1 atom stereocenters. The molecule has 0 radical (unpaired) electrons. The molecule has 0 aliphatic carbocycles. The minimum atomic E-state index is -1.29. The van der Waals surface area contributed by atoms with E-state index in [-0.39, 0.29) is 0 Å². The average molecular weight is 256 g/mol. The van der Waals surface area contributed by atoms with Crippen LogP contribution in [-0.4, -0.2) is 21.6 Å². The van der Waals surface area contributed by atoms with Crippen molar-refractivity contribution in [2.45, 2.75) is 18.1 Å². The van der Waals surface area contributed by atoms with Gasteiger partial charge in [-0.3, -0.25) is 4.79 Å². The number of ketones is 1. The number of carboxylic acids is 1. The summed E-state index contributed by atoms with van der Waals surface area (Å²) in [6.07, 6.45) is 0.402. The van der Waals surface area contributed by atoms with Crippen molar-refractivity contribution >= 4 is 35.7 Å². The zero-order valence-corrected chi connectivity index (χ0v) is 10.5. The van der Waals surface area contributed by atoms with Crippen LogP contribution in [0.2, 0.25) is 0 Å². The van der Waals surface area contributed by atoms with Gasteiger partial charge in [0.1, 0.15) is 0 Å². The van der Waals surface area contributed by atoms with Crippen LogP contribution in [0.25, 0.3) is 0 Å². The molecule has 1 N–H and O–H groups in total. The highest BCUT2D eigenvalue weighted by Gasteiger charge is 2.33. The van der Waals surface area contributed by atoms with E-state index in [4.69, 9.17) is 5.11 Å². The van der Waals surface area contributed by atoms with E-state index in [0.29, 0.717) is 6.42 Å². The van der Waals surface area contributed by atoms with Gasteiger partial charge >= 0.3 is 5.97 Å². The van der Waals surface area contributed by atoms with Gasteiger partial charge in [-0.25, -0.2) is 4.79 Å². The lowest BCUT2D eigenvalue weighted by Crippen LogP contribution is -2.34. The Kier molecular flexibility index (Phi) is 3.93. The smallest absolute Gasteiger partial charge is 0.338 e. The maximum Gasteiger partial charge on any atom is 0.338 e. The zero-order chi connectivity index (χ0) is 12.3. The third-order valence-electron chi connectivity index (χ3n) is 2.12. The number of Topliss-reactive ketones (excluding diaryl/α,β-unsaturated/α-hetero) is 1. The van der Waals surface area contributed by atoms with Crippen molar-refractivity contribution in [2.75, 3.05) is 0 Å². The standard InChI is InChI=1S/C11H12O3S2/c1-7(10(13)14)9(12)11(2,15)6-8-4-3-5-16-8/h3-5,15H,1,6H2,2H3,(H,13,14). The van der Waals surface area contributed by atoms with Crippen molar-refractivity contribution in [2.24, 2.45) is 0 Å².